The number of anilines is 1. The molecule has 1 saturated heterocycles. The fourth-order valence-electron chi connectivity index (χ4n) is 4.74. The third kappa shape index (κ3) is 2.18. The van der Waals surface area contributed by atoms with Gasteiger partial charge in [-0.25, -0.2) is 0 Å². The topological polar surface area (TPSA) is 23.6 Å². The number of carbonyl (C=O) groups excluding carboxylic acids is 1. The first-order chi connectivity index (χ1) is 10.6. The van der Waals surface area contributed by atoms with Gasteiger partial charge in [-0.2, -0.15) is 0 Å². The van der Waals surface area contributed by atoms with Crippen molar-refractivity contribution in [1.82, 2.24) is 4.90 Å². The zero-order chi connectivity index (χ0) is 15.3. The van der Waals surface area contributed by atoms with Crippen molar-refractivity contribution in [1.29, 1.82) is 0 Å². The number of hydrogen-bond acceptors (Lipinski definition) is 2. The molecule has 0 aromatic heterocycles. The molecule has 2 fully saturated rings. The number of hydrogen-bond donors (Lipinski definition) is 0. The van der Waals surface area contributed by atoms with Gasteiger partial charge in [0.25, 0.3) is 0 Å². The molecule has 3 nitrogen and oxygen atoms in total. The van der Waals surface area contributed by atoms with Crippen molar-refractivity contribution in [3.63, 3.8) is 0 Å². The van der Waals surface area contributed by atoms with Gasteiger partial charge in [0, 0.05) is 30.1 Å². The smallest absolute Gasteiger partial charge is 0.230 e. The molecule has 1 amide bonds. The zero-order valence-electron chi connectivity index (χ0n) is 13.7. The van der Waals surface area contributed by atoms with E-state index < -0.39 is 0 Å². The molecule has 2 atom stereocenters. The summed E-state index contributed by atoms with van der Waals surface area (Å²) in [6, 6.07) is 7.06. The molecule has 0 N–H and O–H groups in total. The Balaban J connectivity index is 1.73. The zero-order valence-corrected chi connectivity index (χ0v) is 13.7. The molecular weight excluding hydrogens is 272 g/mol. The van der Waals surface area contributed by atoms with E-state index in [0.717, 1.165) is 32.4 Å². The Morgan fingerprint density at radius 1 is 1.18 bits per heavy atom. The first kappa shape index (κ1) is 14.3. The van der Waals surface area contributed by atoms with Crippen LogP contribution in [0.1, 0.15) is 49.1 Å². The summed E-state index contributed by atoms with van der Waals surface area (Å²) in [5, 5.41) is 0. The number of aryl methyl sites for hydroxylation is 1. The van der Waals surface area contributed by atoms with Crippen LogP contribution in [0.3, 0.4) is 0 Å². The van der Waals surface area contributed by atoms with Gasteiger partial charge in [-0.3, -0.25) is 4.79 Å². The van der Waals surface area contributed by atoms with Gasteiger partial charge >= 0.3 is 0 Å². The van der Waals surface area contributed by atoms with E-state index in [1.807, 2.05) is 0 Å². The van der Waals surface area contributed by atoms with Gasteiger partial charge in [0.2, 0.25) is 5.91 Å². The van der Waals surface area contributed by atoms with Crippen LogP contribution >= 0.6 is 0 Å². The van der Waals surface area contributed by atoms with Crippen LogP contribution in [0.5, 0.6) is 0 Å². The lowest BCUT2D eigenvalue weighted by Crippen LogP contribution is -2.48. The number of carbonyl (C=O) groups is 1. The Bertz CT molecular complexity index is 591. The SMILES string of the molecule is Cc1ccc2c(c1)[C@@H]1CN(C)CC[C@@H]1N2C(=O)C1CCCC1. The Hall–Kier alpha value is -1.35. The summed E-state index contributed by atoms with van der Waals surface area (Å²) in [6.45, 7) is 4.33. The van der Waals surface area contributed by atoms with Crippen LogP contribution in [0.15, 0.2) is 18.2 Å². The largest absolute Gasteiger partial charge is 0.308 e. The number of likely N-dealkylation sites (tertiary alicyclic amines) is 1. The van der Waals surface area contributed by atoms with Gasteiger partial charge in [0.15, 0.2) is 0 Å². The minimum Gasteiger partial charge on any atom is -0.308 e. The molecule has 1 aromatic carbocycles. The highest BCUT2D eigenvalue weighted by Crippen LogP contribution is 2.46. The van der Waals surface area contributed by atoms with Crippen molar-refractivity contribution >= 4 is 11.6 Å². The molecule has 3 aliphatic rings. The van der Waals surface area contributed by atoms with Crippen molar-refractivity contribution < 1.29 is 4.79 Å². The minimum atomic E-state index is 0.271. The lowest BCUT2D eigenvalue weighted by Gasteiger charge is -2.37. The molecule has 2 aliphatic heterocycles. The predicted molar refractivity (Wildman–Crippen MR) is 89.3 cm³/mol. The van der Waals surface area contributed by atoms with Gasteiger partial charge in [0.1, 0.15) is 0 Å². The van der Waals surface area contributed by atoms with Crippen LogP contribution in [0.25, 0.3) is 0 Å². The Morgan fingerprint density at radius 3 is 2.73 bits per heavy atom. The van der Waals surface area contributed by atoms with Crippen LogP contribution < -0.4 is 4.90 Å². The third-order valence-electron chi connectivity index (χ3n) is 5.89. The highest BCUT2D eigenvalue weighted by Gasteiger charge is 2.45. The highest BCUT2D eigenvalue weighted by molar-refractivity contribution is 5.98. The molecule has 0 spiro atoms. The second kappa shape index (κ2) is 5.38. The predicted octanol–water partition coefficient (Wildman–Crippen LogP) is 3.32. The number of piperidine rings is 1. The summed E-state index contributed by atoms with van der Waals surface area (Å²) in [5.74, 6) is 1.17. The Kier molecular flexibility index (Phi) is 3.48. The summed E-state index contributed by atoms with van der Waals surface area (Å²) < 4.78 is 0. The van der Waals surface area contributed by atoms with Crippen LogP contribution in [-0.2, 0) is 4.79 Å². The number of amides is 1. The average Bonchev–Trinajstić information content (AvgIpc) is 3.13. The number of rotatable bonds is 1. The number of benzene rings is 1. The van der Waals surface area contributed by atoms with E-state index in [0.29, 0.717) is 17.9 Å². The van der Waals surface area contributed by atoms with Crippen molar-refractivity contribution in [3.8, 4) is 0 Å². The van der Waals surface area contributed by atoms with Crippen LogP contribution in [0.2, 0.25) is 0 Å². The second-order valence-corrected chi connectivity index (χ2v) is 7.48. The first-order valence-corrected chi connectivity index (χ1v) is 8.77. The monoisotopic (exact) mass is 298 g/mol. The molecular formula is C19H26N2O. The van der Waals surface area contributed by atoms with E-state index in [2.05, 4.69) is 42.0 Å². The lowest BCUT2D eigenvalue weighted by atomic mass is 9.88. The molecule has 2 heterocycles. The van der Waals surface area contributed by atoms with Crippen molar-refractivity contribution in [2.45, 2.75) is 51.0 Å². The lowest BCUT2D eigenvalue weighted by molar-refractivity contribution is -0.122. The van der Waals surface area contributed by atoms with E-state index in [9.17, 15) is 4.79 Å². The maximum atomic E-state index is 13.1. The fraction of sp³-hybridized carbons (Fsp3) is 0.632. The van der Waals surface area contributed by atoms with E-state index in [4.69, 9.17) is 0 Å². The minimum absolute atomic E-state index is 0.271. The summed E-state index contributed by atoms with van der Waals surface area (Å²) in [5.41, 5.74) is 3.91. The molecule has 22 heavy (non-hydrogen) atoms. The van der Waals surface area contributed by atoms with Crippen LogP contribution in [0, 0.1) is 12.8 Å². The Labute approximate surface area is 133 Å². The molecule has 1 aromatic rings. The molecule has 0 radical (unpaired) electrons. The normalized spacial score (nSPS) is 28.7. The fourth-order valence-corrected chi connectivity index (χ4v) is 4.74. The van der Waals surface area contributed by atoms with Gasteiger partial charge < -0.3 is 9.80 Å². The number of fused-ring (bicyclic) bond motifs is 3. The third-order valence-corrected chi connectivity index (χ3v) is 5.89. The van der Waals surface area contributed by atoms with Gasteiger partial charge in [-0.1, -0.05) is 30.5 Å². The van der Waals surface area contributed by atoms with E-state index in [-0.39, 0.29) is 5.92 Å². The van der Waals surface area contributed by atoms with Crippen molar-refractivity contribution in [2.24, 2.45) is 5.92 Å². The quantitative estimate of drug-likeness (QED) is 0.794. The van der Waals surface area contributed by atoms with Gasteiger partial charge in [0.05, 0.1) is 0 Å². The molecule has 0 bridgehead atoms. The molecule has 1 saturated carbocycles. The van der Waals surface area contributed by atoms with Crippen LogP contribution in [0.4, 0.5) is 5.69 Å². The molecule has 1 aliphatic carbocycles. The molecule has 118 valence electrons. The first-order valence-electron chi connectivity index (χ1n) is 8.77. The maximum Gasteiger partial charge on any atom is 0.230 e. The summed E-state index contributed by atoms with van der Waals surface area (Å²) >= 11 is 0. The maximum absolute atomic E-state index is 13.1. The summed E-state index contributed by atoms with van der Waals surface area (Å²) in [4.78, 5) is 17.8. The second-order valence-electron chi connectivity index (χ2n) is 7.48. The van der Waals surface area contributed by atoms with E-state index in [1.165, 1.54) is 29.7 Å². The number of likely N-dealkylation sites (N-methyl/N-ethyl adjacent to an activating group) is 1. The van der Waals surface area contributed by atoms with Gasteiger partial charge in [-0.15, -0.1) is 0 Å². The molecule has 4 rings (SSSR count). The summed E-state index contributed by atoms with van der Waals surface area (Å²) in [6.07, 6.45) is 5.73. The van der Waals surface area contributed by atoms with Crippen molar-refractivity contribution in [2.75, 3.05) is 25.0 Å². The van der Waals surface area contributed by atoms with Crippen LogP contribution in [-0.4, -0.2) is 37.0 Å². The summed E-state index contributed by atoms with van der Waals surface area (Å²) in [7, 11) is 2.20. The van der Waals surface area contributed by atoms with Gasteiger partial charge in [-0.05, 0) is 51.4 Å². The van der Waals surface area contributed by atoms with Crippen molar-refractivity contribution in [3.05, 3.63) is 29.3 Å². The number of nitrogens with zero attached hydrogens (tertiary/aromatic N) is 2. The van der Waals surface area contributed by atoms with E-state index >= 15 is 0 Å². The average molecular weight is 298 g/mol. The van der Waals surface area contributed by atoms with E-state index in [1.54, 1.807) is 0 Å². The highest BCUT2D eigenvalue weighted by atomic mass is 16.2. The molecule has 3 heteroatoms. The Morgan fingerprint density at radius 2 is 1.95 bits per heavy atom. The molecule has 0 unspecified atom stereocenters. The standard InChI is InChI=1S/C19H26N2O/c1-13-7-8-17-15(11-13)16-12-20(2)10-9-18(16)21(17)19(22)14-5-3-4-6-14/h7-8,11,14,16,18H,3-6,9-10,12H2,1-2H3/t16-,18-/m0/s1.